The molecule has 1 aliphatic heterocycles. The average molecular weight is 281 g/mol. The Bertz CT molecular complexity index is 584. The van der Waals surface area contributed by atoms with Gasteiger partial charge in [0.2, 0.25) is 0 Å². The third-order valence-electron chi connectivity index (χ3n) is 3.68. The molecule has 2 heterocycles. The topological polar surface area (TPSA) is 60.4 Å². The van der Waals surface area contributed by atoms with Crippen molar-refractivity contribution in [3.05, 3.63) is 35.0 Å². The van der Waals surface area contributed by atoms with Crippen LogP contribution in [-0.4, -0.2) is 12.7 Å². The number of fused-ring (bicyclic) bond motifs is 1. The Morgan fingerprint density at radius 1 is 1.42 bits per heavy atom. The van der Waals surface area contributed by atoms with Gasteiger partial charge in [-0.05, 0) is 37.6 Å². The fraction of sp³-hybridized carbons (Fsp3) is 0.429. The van der Waals surface area contributed by atoms with Crippen LogP contribution >= 0.6 is 11.6 Å². The quantitative estimate of drug-likeness (QED) is 0.670. The maximum absolute atomic E-state index is 5.99. The summed E-state index contributed by atoms with van der Waals surface area (Å²) < 4.78 is 11.5. The van der Waals surface area contributed by atoms with E-state index in [0.717, 1.165) is 23.2 Å². The molecule has 0 saturated carbocycles. The van der Waals surface area contributed by atoms with Gasteiger partial charge in [-0.2, -0.15) is 0 Å². The van der Waals surface area contributed by atoms with Gasteiger partial charge < -0.3 is 9.15 Å². The second-order valence-electron chi connectivity index (χ2n) is 5.11. The van der Waals surface area contributed by atoms with E-state index in [-0.39, 0.29) is 12.1 Å². The van der Waals surface area contributed by atoms with E-state index in [4.69, 9.17) is 26.6 Å². The smallest absolute Gasteiger partial charge is 0.134 e. The van der Waals surface area contributed by atoms with Crippen LogP contribution in [0.1, 0.15) is 25.1 Å². The van der Waals surface area contributed by atoms with Gasteiger partial charge >= 0.3 is 0 Å². The van der Waals surface area contributed by atoms with Crippen LogP contribution < -0.4 is 11.3 Å². The molecule has 3 N–H and O–H groups in total. The molecule has 1 fully saturated rings. The highest BCUT2D eigenvalue weighted by Gasteiger charge is 2.32. The highest BCUT2D eigenvalue weighted by molar-refractivity contribution is 6.31. The normalized spacial score (nSPS) is 25.0. The summed E-state index contributed by atoms with van der Waals surface area (Å²) in [5, 5.41) is 1.70. The lowest BCUT2D eigenvalue weighted by molar-refractivity contribution is 0.116. The van der Waals surface area contributed by atoms with E-state index in [1.54, 1.807) is 0 Å². The van der Waals surface area contributed by atoms with E-state index < -0.39 is 0 Å². The van der Waals surface area contributed by atoms with Gasteiger partial charge in [-0.3, -0.25) is 5.84 Å². The number of hydrogen-bond donors (Lipinski definition) is 2. The summed E-state index contributed by atoms with van der Waals surface area (Å²) in [4.78, 5) is 0. The first-order valence-corrected chi connectivity index (χ1v) is 6.82. The van der Waals surface area contributed by atoms with Crippen LogP contribution in [0.3, 0.4) is 0 Å². The van der Waals surface area contributed by atoms with Crippen molar-refractivity contribution in [1.82, 2.24) is 5.43 Å². The van der Waals surface area contributed by atoms with E-state index >= 15 is 0 Å². The average Bonchev–Trinajstić information content (AvgIpc) is 2.96. The molecule has 1 aliphatic rings. The molecule has 0 aliphatic carbocycles. The summed E-state index contributed by atoms with van der Waals surface area (Å²) in [6.45, 7) is 2.78. The van der Waals surface area contributed by atoms with Gasteiger partial charge in [0.05, 0.1) is 18.8 Å². The number of nitrogens with two attached hydrogens (primary N) is 1. The Morgan fingerprint density at radius 2 is 2.26 bits per heavy atom. The van der Waals surface area contributed by atoms with Crippen molar-refractivity contribution in [3.8, 4) is 0 Å². The third kappa shape index (κ3) is 2.49. The number of rotatable bonds is 3. The van der Waals surface area contributed by atoms with Crippen LogP contribution in [0.5, 0.6) is 0 Å². The van der Waals surface area contributed by atoms with E-state index in [1.165, 1.54) is 0 Å². The van der Waals surface area contributed by atoms with Crippen LogP contribution in [0.15, 0.2) is 28.7 Å². The molecule has 3 rings (SSSR count). The minimum absolute atomic E-state index is 0.0314. The van der Waals surface area contributed by atoms with Crippen molar-refractivity contribution in [2.45, 2.75) is 25.5 Å². The zero-order valence-corrected chi connectivity index (χ0v) is 11.5. The number of hydrogen-bond acceptors (Lipinski definition) is 4. The lowest BCUT2D eigenvalue weighted by Crippen LogP contribution is -2.33. The van der Waals surface area contributed by atoms with Crippen molar-refractivity contribution >= 4 is 22.6 Å². The molecular weight excluding hydrogens is 264 g/mol. The van der Waals surface area contributed by atoms with Gasteiger partial charge in [0.25, 0.3) is 0 Å². The first-order valence-electron chi connectivity index (χ1n) is 6.44. The Morgan fingerprint density at radius 3 is 2.95 bits per heavy atom. The van der Waals surface area contributed by atoms with Crippen LogP contribution in [0.25, 0.3) is 11.0 Å². The van der Waals surface area contributed by atoms with Gasteiger partial charge in [-0.1, -0.05) is 11.6 Å². The predicted octanol–water partition coefficient (Wildman–Crippen LogP) is 3.02. The van der Waals surface area contributed by atoms with E-state index in [0.29, 0.717) is 17.5 Å². The molecule has 19 heavy (non-hydrogen) atoms. The first-order chi connectivity index (χ1) is 9.17. The second-order valence-corrected chi connectivity index (χ2v) is 5.55. The molecule has 4 nitrogen and oxygen atoms in total. The van der Waals surface area contributed by atoms with Crippen molar-refractivity contribution < 1.29 is 9.15 Å². The minimum atomic E-state index is -0.0314. The van der Waals surface area contributed by atoms with Gasteiger partial charge in [0.15, 0.2) is 0 Å². The fourth-order valence-electron chi connectivity index (χ4n) is 2.72. The van der Waals surface area contributed by atoms with E-state index in [9.17, 15) is 0 Å². The zero-order valence-electron chi connectivity index (χ0n) is 10.7. The summed E-state index contributed by atoms with van der Waals surface area (Å²) in [6, 6.07) is 7.56. The first kappa shape index (κ1) is 12.9. The summed E-state index contributed by atoms with van der Waals surface area (Å²) in [5.74, 6) is 6.86. The highest BCUT2D eigenvalue weighted by atomic mass is 35.5. The largest absolute Gasteiger partial charge is 0.459 e. The second kappa shape index (κ2) is 5.13. The molecule has 1 aromatic heterocycles. The predicted molar refractivity (Wildman–Crippen MR) is 74.8 cm³/mol. The standard InChI is InChI=1S/C14H17ClN2O2/c1-8-4-10(7-18-8)14(17-16)13-6-9-5-11(15)2-3-12(9)19-13/h2-3,5-6,8,10,14,17H,4,7,16H2,1H3. The Balaban J connectivity index is 1.92. The molecule has 0 spiro atoms. The maximum atomic E-state index is 5.99. The maximum Gasteiger partial charge on any atom is 0.134 e. The number of furan rings is 1. The Kier molecular flexibility index (Phi) is 3.50. The van der Waals surface area contributed by atoms with Crippen LogP contribution in [0.4, 0.5) is 0 Å². The zero-order chi connectivity index (χ0) is 13.4. The number of hydrazine groups is 1. The molecule has 1 saturated heterocycles. The molecule has 2 aromatic rings. The summed E-state index contributed by atoms with van der Waals surface area (Å²) in [6.07, 6.45) is 1.26. The molecule has 3 unspecified atom stereocenters. The molecule has 102 valence electrons. The summed E-state index contributed by atoms with van der Waals surface area (Å²) >= 11 is 5.99. The monoisotopic (exact) mass is 280 g/mol. The molecule has 0 amide bonds. The lowest BCUT2D eigenvalue weighted by Gasteiger charge is -2.18. The van der Waals surface area contributed by atoms with Crippen molar-refractivity contribution in [3.63, 3.8) is 0 Å². The van der Waals surface area contributed by atoms with E-state index in [1.807, 2.05) is 24.3 Å². The van der Waals surface area contributed by atoms with Gasteiger partial charge in [0, 0.05) is 16.3 Å². The minimum Gasteiger partial charge on any atom is -0.459 e. The Hall–Kier alpha value is -1.07. The van der Waals surface area contributed by atoms with Crippen LogP contribution in [-0.2, 0) is 4.74 Å². The van der Waals surface area contributed by atoms with Crippen molar-refractivity contribution in [2.75, 3.05) is 6.61 Å². The number of halogens is 1. The van der Waals surface area contributed by atoms with Crippen molar-refractivity contribution in [2.24, 2.45) is 11.8 Å². The van der Waals surface area contributed by atoms with Crippen molar-refractivity contribution in [1.29, 1.82) is 0 Å². The molecule has 1 aromatic carbocycles. The Labute approximate surface area is 116 Å². The lowest BCUT2D eigenvalue weighted by atomic mass is 9.95. The third-order valence-corrected chi connectivity index (χ3v) is 3.92. The fourth-order valence-corrected chi connectivity index (χ4v) is 2.90. The SMILES string of the molecule is CC1CC(C(NN)c2cc3cc(Cl)ccc3o2)CO1. The highest BCUT2D eigenvalue weighted by Crippen LogP contribution is 2.34. The number of nitrogens with one attached hydrogen (secondary N) is 1. The van der Waals surface area contributed by atoms with Crippen LogP contribution in [0, 0.1) is 5.92 Å². The summed E-state index contributed by atoms with van der Waals surface area (Å²) in [7, 11) is 0. The van der Waals surface area contributed by atoms with E-state index in [2.05, 4.69) is 12.3 Å². The summed E-state index contributed by atoms with van der Waals surface area (Å²) in [5.41, 5.74) is 3.68. The molecule has 0 bridgehead atoms. The molecule has 3 atom stereocenters. The van der Waals surface area contributed by atoms with Crippen LogP contribution in [0.2, 0.25) is 5.02 Å². The van der Waals surface area contributed by atoms with Gasteiger partial charge in [-0.15, -0.1) is 0 Å². The number of ether oxygens (including phenoxy) is 1. The molecular formula is C14H17ClN2O2. The molecule has 5 heteroatoms. The number of benzene rings is 1. The van der Waals surface area contributed by atoms with Gasteiger partial charge in [-0.25, -0.2) is 5.43 Å². The van der Waals surface area contributed by atoms with Gasteiger partial charge in [0.1, 0.15) is 11.3 Å². The molecule has 0 radical (unpaired) electrons.